The first kappa shape index (κ1) is 89.1. The number of hydrogen-bond donors (Lipinski definition) is 8. The second kappa shape index (κ2) is 45.0. The first-order chi connectivity index (χ1) is 46.1. The van der Waals surface area contributed by atoms with Crippen LogP contribution in [0.25, 0.3) is 0 Å². The number of amides is 7. The zero-order chi connectivity index (χ0) is 74.1. The van der Waals surface area contributed by atoms with E-state index in [2.05, 4.69) is 50.6 Å². The fourth-order valence-corrected chi connectivity index (χ4v) is 10.7. The lowest BCUT2D eigenvalue weighted by atomic mass is 9.91. The minimum absolute atomic E-state index is 0. The number of carbonyl (C=O) groups is 9. The molecule has 2 aliphatic rings. The maximum Gasteiger partial charge on any atom is 0.309 e. The molecule has 0 spiro atoms. The number of hydrogen-bond acceptors (Lipinski definition) is 16. The molecule has 24 nitrogen and oxygen atoms in total. The standard InChI is InChI=1S/C34H53N5O6.C32H50N4O6.C8H14O3.CH4/c1-10-14-28(44-9)23(7)31(40)37-30(22(5)6)33(42)35-24(8)34(43)39-18-13-17-27(38-39)32(41)36-29(21(3)4)25-15-12-16-26(20-25)45-19-11-2;1-10-17-41-24-14-11-13-23(18-24)28(21(4)5)34-30(39)26-15-12-16-36(35-26)31(40)22(6)33-29(38)25(20(2)3)19-27(37)42-32(7,8)9;1-4-5-7(11-3)6(2)8(9)10;/h10-12,14-16,20-24,27-30,38H,2,13,17-19H2,1,3-9H3,(H,35,42)(H,36,41)(H,37,40);10-11,13-14,18,20-22,25-26,28,35H,1,12,15-17,19H2,2-9H3,(H,33,38)(H,34,39);4-7H,1-3H3,(H,9,10);1H4/b14-10+;;5-4+;/t23-,24+,27+,28-,29-,30+;22-,25-,26-,28+;6-,7-;/m101./s1. The molecule has 2 heterocycles. The van der Waals surface area contributed by atoms with E-state index in [0.29, 0.717) is 63.5 Å². The molecule has 4 rings (SSSR count). The van der Waals surface area contributed by atoms with Gasteiger partial charge in [-0.1, -0.05) is 144 Å². The second-order valence-corrected chi connectivity index (χ2v) is 27.1. The van der Waals surface area contributed by atoms with Crippen molar-refractivity contribution in [2.24, 2.45) is 41.4 Å². The number of nitrogens with zero attached hydrogens (tertiary/aromatic N) is 2. The highest BCUT2D eigenvalue weighted by atomic mass is 16.6. The molecule has 99 heavy (non-hydrogen) atoms. The highest BCUT2D eigenvalue weighted by Gasteiger charge is 2.37. The van der Waals surface area contributed by atoms with Crippen molar-refractivity contribution in [2.45, 2.75) is 217 Å². The van der Waals surface area contributed by atoms with Crippen LogP contribution in [0, 0.1) is 41.4 Å². The second-order valence-electron chi connectivity index (χ2n) is 27.1. The van der Waals surface area contributed by atoms with E-state index < -0.39 is 77.5 Å². The molecule has 2 aromatic carbocycles. The molecule has 24 heteroatoms. The van der Waals surface area contributed by atoms with E-state index in [-0.39, 0.29) is 91.1 Å². The van der Waals surface area contributed by atoms with Gasteiger partial charge < -0.3 is 55.4 Å². The van der Waals surface area contributed by atoms with Crippen LogP contribution >= 0.6 is 0 Å². The fourth-order valence-electron chi connectivity index (χ4n) is 10.7. The van der Waals surface area contributed by atoms with Crippen molar-refractivity contribution in [3.63, 3.8) is 0 Å². The Morgan fingerprint density at radius 1 is 0.586 bits per heavy atom. The fraction of sp³-hybridized carbons (Fsp3) is 0.613. The number of carboxylic acid groups (broad SMARTS) is 1. The number of nitrogens with one attached hydrogen (secondary N) is 7. The van der Waals surface area contributed by atoms with E-state index in [1.165, 1.54) is 24.2 Å². The van der Waals surface area contributed by atoms with Gasteiger partial charge in [-0.05, 0) is 140 Å². The molecule has 0 unspecified atom stereocenters. The monoisotopic (exact) mass is 1390 g/mol. The highest BCUT2D eigenvalue weighted by molar-refractivity contribution is 5.93. The van der Waals surface area contributed by atoms with Crippen LogP contribution in [-0.2, 0) is 57.4 Å². The van der Waals surface area contributed by atoms with Gasteiger partial charge in [0.25, 0.3) is 11.8 Å². The maximum absolute atomic E-state index is 13.4. The van der Waals surface area contributed by atoms with Gasteiger partial charge in [-0.25, -0.2) is 10.9 Å². The Morgan fingerprint density at radius 2 is 1.00 bits per heavy atom. The summed E-state index contributed by atoms with van der Waals surface area (Å²) in [6.45, 7) is 40.0. The molecular weight excluding hydrogens is 1270 g/mol. The molecule has 556 valence electrons. The zero-order valence-electron chi connectivity index (χ0n) is 61.7. The molecule has 8 N–H and O–H groups in total. The summed E-state index contributed by atoms with van der Waals surface area (Å²) in [6.07, 6.45) is 12.0. The zero-order valence-corrected chi connectivity index (χ0v) is 61.7. The molecule has 0 saturated carbocycles. The molecule has 12 atom stereocenters. The van der Waals surface area contributed by atoms with Crippen molar-refractivity contribution in [3.05, 3.63) is 109 Å². The van der Waals surface area contributed by atoms with Crippen LogP contribution in [0.15, 0.2) is 98.1 Å². The van der Waals surface area contributed by atoms with Crippen LogP contribution in [0.4, 0.5) is 0 Å². The van der Waals surface area contributed by atoms with Gasteiger partial charge in [0, 0.05) is 27.3 Å². The van der Waals surface area contributed by atoms with E-state index >= 15 is 0 Å². The Kier molecular flexibility index (Phi) is 40.5. The van der Waals surface area contributed by atoms with Gasteiger partial charge in [0.05, 0.1) is 48.5 Å². The number of methoxy groups -OCH3 is 2. The predicted octanol–water partition coefficient (Wildman–Crippen LogP) is 9.44. The van der Waals surface area contributed by atoms with Crippen molar-refractivity contribution < 1.29 is 71.9 Å². The lowest BCUT2D eigenvalue weighted by molar-refractivity contribution is -0.158. The van der Waals surface area contributed by atoms with E-state index in [1.54, 1.807) is 78.8 Å². The average molecular weight is 1390 g/mol. The van der Waals surface area contributed by atoms with E-state index in [9.17, 15) is 43.2 Å². The molecule has 2 saturated heterocycles. The van der Waals surface area contributed by atoms with Crippen LogP contribution in [0.5, 0.6) is 11.5 Å². The lowest BCUT2D eigenvalue weighted by Crippen LogP contribution is -2.62. The highest BCUT2D eigenvalue weighted by Crippen LogP contribution is 2.28. The maximum atomic E-state index is 13.4. The molecule has 2 aromatic rings. The van der Waals surface area contributed by atoms with Gasteiger partial charge in [0.15, 0.2) is 0 Å². The Morgan fingerprint density at radius 3 is 1.35 bits per heavy atom. The van der Waals surface area contributed by atoms with Crippen LogP contribution in [0.2, 0.25) is 0 Å². The number of allylic oxidation sites excluding steroid dienone is 2. The summed E-state index contributed by atoms with van der Waals surface area (Å²) in [5, 5.41) is 26.0. The Labute approximate surface area is 590 Å². The molecule has 2 fully saturated rings. The van der Waals surface area contributed by atoms with Gasteiger partial charge in [-0.2, -0.15) is 0 Å². The minimum Gasteiger partial charge on any atom is -0.490 e. The summed E-state index contributed by atoms with van der Waals surface area (Å²) >= 11 is 0. The number of benzene rings is 2. The third-order valence-electron chi connectivity index (χ3n) is 16.4. The largest absolute Gasteiger partial charge is 0.490 e. The molecule has 0 aromatic heterocycles. The normalized spacial score (nSPS) is 17.8. The number of esters is 1. The SMILES string of the molecule is C.C/C=C/[C@@H](OC)[C@@H](C)C(=O)O.C=CCOc1cccc([C@H](NC(=O)[C@@H]2CCCN(C(=O)[C@H](C)NC(=O)[C@@H](CC(=O)OC(C)(C)C)C(C)C)N2)C(C)C)c1.C=CCOc1cccc([C@H](NC(=O)[C@@H]2CCCN(C(=O)[C@H](C)NC(=O)[C@@H](NC(=O)[C@H](C)[C@@H](/C=C/C)OC)C(C)C)N2)C(C)C)c1. The lowest BCUT2D eigenvalue weighted by Gasteiger charge is -2.36. The first-order valence-corrected chi connectivity index (χ1v) is 34.2. The number of carbonyl (C=O) groups excluding carboxylic acids is 8. The molecule has 7 amide bonds. The van der Waals surface area contributed by atoms with Gasteiger partial charge in [-0.3, -0.25) is 53.2 Å². The number of ether oxygens (including phenoxy) is 5. The molecule has 2 aliphatic heterocycles. The first-order valence-electron chi connectivity index (χ1n) is 34.2. The summed E-state index contributed by atoms with van der Waals surface area (Å²) in [5.41, 5.74) is 7.32. The Balaban J connectivity index is 0.000000851. The number of carboxylic acids is 1. The number of rotatable bonds is 33. The van der Waals surface area contributed by atoms with E-state index in [1.807, 2.05) is 124 Å². The Bertz CT molecular complexity index is 2960. The molecular formula is C75H121N9O15. The van der Waals surface area contributed by atoms with Crippen molar-refractivity contribution in [1.82, 2.24) is 47.5 Å². The van der Waals surface area contributed by atoms with Crippen molar-refractivity contribution in [3.8, 4) is 11.5 Å². The van der Waals surface area contributed by atoms with Crippen molar-refractivity contribution in [2.75, 3.05) is 40.5 Å². The van der Waals surface area contributed by atoms with Crippen LogP contribution in [0.1, 0.15) is 180 Å². The Hall–Kier alpha value is -7.93. The van der Waals surface area contributed by atoms with Gasteiger partial charge >= 0.3 is 11.9 Å². The van der Waals surface area contributed by atoms with Crippen LogP contribution in [0.3, 0.4) is 0 Å². The number of aliphatic carboxylic acids is 1. The predicted molar refractivity (Wildman–Crippen MR) is 386 cm³/mol. The van der Waals surface area contributed by atoms with Crippen molar-refractivity contribution >= 4 is 53.3 Å². The van der Waals surface area contributed by atoms with Crippen LogP contribution < -0.4 is 46.9 Å². The summed E-state index contributed by atoms with van der Waals surface area (Å²) < 4.78 is 27.1. The van der Waals surface area contributed by atoms with E-state index in [4.69, 9.17) is 28.8 Å². The summed E-state index contributed by atoms with van der Waals surface area (Å²) in [7, 11) is 3.03. The van der Waals surface area contributed by atoms with Crippen molar-refractivity contribution in [1.29, 1.82) is 0 Å². The molecule has 0 radical (unpaired) electrons. The van der Waals surface area contributed by atoms with Crippen LogP contribution in [-0.4, -0.2) is 157 Å². The quantitative estimate of drug-likeness (QED) is 0.0244. The minimum atomic E-state index is -0.890. The van der Waals surface area contributed by atoms with Gasteiger partial charge in [-0.15, -0.1) is 0 Å². The summed E-state index contributed by atoms with van der Waals surface area (Å²) in [4.78, 5) is 116. The van der Waals surface area contributed by atoms with Gasteiger partial charge in [0.1, 0.15) is 60.5 Å². The third-order valence-corrected chi connectivity index (χ3v) is 16.4. The smallest absolute Gasteiger partial charge is 0.309 e. The molecule has 0 aliphatic carbocycles. The third kappa shape index (κ3) is 30.6. The topological polar surface area (TPSA) is 311 Å². The summed E-state index contributed by atoms with van der Waals surface area (Å²) in [5.74, 6) is -4.05. The average Bonchev–Trinajstić information content (AvgIpc) is 0.868. The van der Waals surface area contributed by atoms with Gasteiger partial charge in [0.2, 0.25) is 29.5 Å². The number of hydrazine groups is 2. The van der Waals surface area contributed by atoms with E-state index in [0.717, 1.165) is 11.1 Å². The summed E-state index contributed by atoms with van der Waals surface area (Å²) in [6, 6.07) is 10.9. The molecule has 0 bridgehead atoms.